The van der Waals surface area contributed by atoms with Crippen LogP contribution in [0.2, 0.25) is 0 Å². The number of hydrogen-bond acceptors (Lipinski definition) is 3. The maximum absolute atomic E-state index is 12.1. The summed E-state index contributed by atoms with van der Waals surface area (Å²) in [4.78, 5) is 24.0. The number of ketones is 1. The quantitative estimate of drug-likeness (QED) is 0.842. The minimum absolute atomic E-state index is 0.191. The standard InChI is InChI=1S/C16H25NO3/c1-10(13-4-5-13)17-15(19)20-9-16(11(2)18)8-12-3-6-14(16)7-12/h10,12-14H,3-9H2,1-2H3,(H,17,19). The van der Waals surface area contributed by atoms with E-state index in [4.69, 9.17) is 4.74 Å². The van der Waals surface area contributed by atoms with Gasteiger partial charge in [0, 0.05) is 6.04 Å². The van der Waals surface area contributed by atoms with Crippen molar-refractivity contribution in [1.29, 1.82) is 0 Å². The number of hydrogen-bond donors (Lipinski definition) is 1. The van der Waals surface area contributed by atoms with Crippen LogP contribution < -0.4 is 5.32 Å². The van der Waals surface area contributed by atoms with Crippen molar-refractivity contribution >= 4 is 11.9 Å². The van der Waals surface area contributed by atoms with Crippen LogP contribution in [0, 0.1) is 23.2 Å². The molecule has 2 bridgehead atoms. The third-order valence-electron chi connectivity index (χ3n) is 5.81. The highest BCUT2D eigenvalue weighted by Gasteiger charge is 2.54. The first-order valence-electron chi connectivity index (χ1n) is 7.95. The van der Waals surface area contributed by atoms with E-state index in [9.17, 15) is 9.59 Å². The van der Waals surface area contributed by atoms with Crippen molar-refractivity contribution in [3.63, 3.8) is 0 Å². The Balaban J connectivity index is 1.55. The molecule has 4 nitrogen and oxygen atoms in total. The number of amides is 1. The molecule has 1 amide bonds. The predicted octanol–water partition coefficient (Wildman–Crippen LogP) is 2.91. The van der Waals surface area contributed by atoms with Gasteiger partial charge in [-0.15, -0.1) is 0 Å². The number of ether oxygens (including phenoxy) is 1. The minimum atomic E-state index is -0.386. The van der Waals surface area contributed by atoms with Gasteiger partial charge in [0.25, 0.3) is 0 Å². The Morgan fingerprint density at radius 3 is 2.55 bits per heavy atom. The number of Topliss-reactive ketones (excluding diaryl/α,β-unsaturated/α-hetero) is 1. The fourth-order valence-electron chi connectivity index (χ4n) is 4.29. The van der Waals surface area contributed by atoms with Gasteiger partial charge in [-0.25, -0.2) is 4.79 Å². The van der Waals surface area contributed by atoms with Crippen molar-refractivity contribution in [3.8, 4) is 0 Å². The van der Waals surface area contributed by atoms with E-state index in [0.29, 0.717) is 17.8 Å². The molecule has 4 unspecified atom stereocenters. The summed E-state index contributed by atoms with van der Waals surface area (Å²) in [5.74, 6) is 1.92. The number of carbonyl (C=O) groups excluding carboxylic acids is 2. The number of alkyl carbamates (subject to hydrolysis) is 1. The molecule has 3 aliphatic carbocycles. The average molecular weight is 279 g/mol. The third-order valence-corrected chi connectivity index (χ3v) is 5.81. The Kier molecular flexibility index (Phi) is 3.51. The molecule has 3 saturated carbocycles. The summed E-state index contributed by atoms with van der Waals surface area (Å²) in [7, 11) is 0. The molecule has 1 N–H and O–H groups in total. The van der Waals surface area contributed by atoms with Gasteiger partial charge in [0.05, 0.1) is 5.41 Å². The van der Waals surface area contributed by atoms with Crippen LogP contribution in [0.15, 0.2) is 0 Å². The lowest BCUT2D eigenvalue weighted by molar-refractivity contribution is -0.132. The van der Waals surface area contributed by atoms with Gasteiger partial charge < -0.3 is 10.1 Å². The van der Waals surface area contributed by atoms with E-state index in [-0.39, 0.29) is 29.9 Å². The van der Waals surface area contributed by atoms with Crippen molar-refractivity contribution in [1.82, 2.24) is 5.32 Å². The van der Waals surface area contributed by atoms with E-state index < -0.39 is 0 Å². The first-order chi connectivity index (χ1) is 9.51. The van der Waals surface area contributed by atoms with Crippen molar-refractivity contribution in [3.05, 3.63) is 0 Å². The Morgan fingerprint density at radius 1 is 1.30 bits per heavy atom. The van der Waals surface area contributed by atoms with Crippen molar-refractivity contribution in [2.24, 2.45) is 23.2 Å². The molecule has 0 aromatic heterocycles. The van der Waals surface area contributed by atoms with Crippen LogP contribution in [0.25, 0.3) is 0 Å². The Bertz CT molecular complexity index is 418. The molecule has 3 rings (SSSR count). The van der Waals surface area contributed by atoms with E-state index in [1.165, 1.54) is 19.3 Å². The number of carbonyl (C=O) groups is 2. The highest BCUT2D eigenvalue weighted by atomic mass is 16.5. The molecule has 3 aliphatic rings. The second kappa shape index (κ2) is 5.05. The zero-order valence-corrected chi connectivity index (χ0v) is 12.5. The van der Waals surface area contributed by atoms with Crippen LogP contribution in [0.5, 0.6) is 0 Å². The number of rotatable bonds is 5. The first-order valence-corrected chi connectivity index (χ1v) is 7.95. The van der Waals surface area contributed by atoms with E-state index in [2.05, 4.69) is 5.32 Å². The van der Waals surface area contributed by atoms with Crippen LogP contribution >= 0.6 is 0 Å². The molecular formula is C16H25NO3. The summed E-state index contributed by atoms with van der Waals surface area (Å²) in [6.45, 7) is 3.96. The van der Waals surface area contributed by atoms with Gasteiger partial charge in [-0.2, -0.15) is 0 Å². The summed E-state index contributed by atoms with van der Waals surface area (Å²) < 4.78 is 5.42. The molecule has 0 aliphatic heterocycles. The van der Waals surface area contributed by atoms with Gasteiger partial charge in [-0.1, -0.05) is 6.42 Å². The highest BCUT2D eigenvalue weighted by molar-refractivity contribution is 5.84. The fourth-order valence-corrected chi connectivity index (χ4v) is 4.29. The van der Waals surface area contributed by atoms with Gasteiger partial charge in [0.2, 0.25) is 0 Å². The monoisotopic (exact) mass is 279 g/mol. The van der Waals surface area contributed by atoms with Crippen LogP contribution in [-0.4, -0.2) is 24.5 Å². The predicted molar refractivity (Wildman–Crippen MR) is 75.2 cm³/mol. The van der Waals surface area contributed by atoms with Gasteiger partial charge in [-0.3, -0.25) is 4.79 Å². The van der Waals surface area contributed by atoms with Gasteiger partial charge in [0.1, 0.15) is 12.4 Å². The van der Waals surface area contributed by atoms with Gasteiger partial charge in [-0.05, 0) is 63.7 Å². The Morgan fingerprint density at radius 2 is 2.05 bits per heavy atom. The van der Waals surface area contributed by atoms with Gasteiger partial charge in [0.15, 0.2) is 0 Å². The fraction of sp³-hybridized carbons (Fsp3) is 0.875. The second-order valence-corrected chi connectivity index (χ2v) is 7.14. The number of fused-ring (bicyclic) bond motifs is 2. The molecule has 4 heteroatoms. The zero-order chi connectivity index (χ0) is 14.3. The van der Waals surface area contributed by atoms with Crippen LogP contribution in [0.3, 0.4) is 0 Å². The molecular weight excluding hydrogens is 254 g/mol. The first kappa shape index (κ1) is 13.9. The van der Waals surface area contributed by atoms with Crippen LogP contribution in [-0.2, 0) is 9.53 Å². The molecule has 0 heterocycles. The summed E-state index contributed by atoms with van der Waals surface area (Å²) in [6.07, 6.45) is 6.46. The van der Waals surface area contributed by atoms with Crippen molar-refractivity contribution in [2.45, 2.75) is 58.4 Å². The molecule has 20 heavy (non-hydrogen) atoms. The maximum atomic E-state index is 12.1. The summed E-state index contributed by atoms with van der Waals surface area (Å²) in [5, 5.41) is 2.89. The van der Waals surface area contributed by atoms with Crippen LogP contribution in [0.4, 0.5) is 4.79 Å². The van der Waals surface area contributed by atoms with E-state index in [1.807, 2.05) is 6.92 Å². The van der Waals surface area contributed by atoms with Crippen molar-refractivity contribution in [2.75, 3.05) is 6.61 Å². The minimum Gasteiger partial charge on any atom is -0.448 e. The van der Waals surface area contributed by atoms with Crippen LogP contribution in [0.1, 0.15) is 52.4 Å². The normalized spacial score (nSPS) is 36.7. The molecule has 0 aromatic carbocycles. The molecule has 0 spiro atoms. The average Bonchev–Trinajstić information content (AvgIpc) is 3.07. The van der Waals surface area contributed by atoms with E-state index in [1.54, 1.807) is 6.92 Å². The second-order valence-electron chi connectivity index (χ2n) is 7.14. The largest absolute Gasteiger partial charge is 0.448 e. The molecule has 0 radical (unpaired) electrons. The third kappa shape index (κ3) is 2.45. The molecule has 0 saturated heterocycles. The lowest BCUT2D eigenvalue weighted by Crippen LogP contribution is -2.42. The van der Waals surface area contributed by atoms with E-state index in [0.717, 1.165) is 19.3 Å². The molecule has 3 fully saturated rings. The zero-order valence-electron chi connectivity index (χ0n) is 12.5. The Labute approximate surface area is 120 Å². The van der Waals surface area contributed by atoms with Gasteiger partial charge >= 0.3 is 6.09 Å². The maximum Gasteiger partial charge on any atom is 0.407 e. The lowest BCUT2D eigenvalue weighted by Gasteiger charge is -2.34. The molecule has 4 atom stereocenters. The van der Waals surface area contributed by atoms with Crippen molar-refractivity contribution < 1.29 is 14.3 Å². The smallest absolute Gasteiger partial charge is 0.407 e. The summed E-state index contributed by atoms with van der Waals surface area (Å²) in [6, 6.07) is 0.191. The summed E-state index contributed by atoms with van der Waals surface area (Å²) in [5.41, 5.74) is -0.386. The molecule has 0 aromatic rings. The lowest BCUT2D eigenvalue weighted by atomic mass is 9.71. The SMILES string of the molecule is CC(=O)C1(COC(=O)NC(C)C2CC2)CC2CCC1C2. The topological polar surface area (TPSA) is 55.4 Å². The molecule has 112 valence electrons. The summed E-state index contributed by atoms with van der Waals surface area (Å²) >= 11 is 0. The number of nitrogens with one attached hydrogen (secondary N) is 1. The Hall–Kier alpha value is -1.06. The highest BCUT2D eigenvalue weighted by Crippen LogP contribution is 2.56. The van der Waals surface area contributed by atoms with E-state index >= 15 is 0 Å².